The van der Waals surface area contributed by atoms with Crippen molar-refractivity contribution in [3.63, 3.8) is 0 Å². The van der Waals surface area contributed by atoms with Gasteiger partial charge in [-0.25, -0.2) is 4.68 Å². The number of nitrogens with zero attached hydrogens (tertiary/aromatic N) is 2. The van der Waals surface area contributed by atoms with Crippen LogP contribution in [-0.2, 0) is 11.3 Å². The van der Waals surface area contributed by atoms with E-state index in [4.69, 9.17) is 10.5 Å². The maximum absolute atomic E-state index is 11.7. The predicted octanol–water partition coefficient (Wildman–Crippen LogP) is 1.32. The maximum Gasteiger partial charge on any atom is 0.266 e. The molecule has 0 radical (unpaired) electrons. The van der Waals surface area contributed by atoms with Crippen molar-refractivity contribution in [2.75, 3.05) is 5.73 Å². The van der Waals surface area contributed by atoms with E-state index in [1.807, 2.05) is 0 Å². The summed E-state index contributed by atoms with van der Waals surface area (Å²) in [5, 5.41) is 4.05. The highest BCUT2D eigenvalue weighted by atomic mass is 16.5. The number of hydrogen-bond donors (Lipinski definition) is 1. The van der Waals surface area contributed by atoms with E-state index in [0.717, 1.165) is 12.8 Å². The lowest BCUT2D eigenvalue weighted by Crippen LogP contribution is -2.31. The Kier molecular flexibility index (Phi) is 2.86. The summed E-state index contributed by atoms with van der Waals surface area (Å²) in [5.41, 5.74) is 5.60. The zero-order chi connectivity index (χ0) is 12.6. The molecule has 1 atom stereocenters. The second-order valence-corrected chi connectivity index (χ2v) is 5.45. The van der Waals surface area contributed by atoms with Crippen LogP contribution in [0.25, 0.3) is 0 Å². The molecule has 1 aromatic rings. The minimum Gasteiger partial charge on any atom is -0.382 e. The fourth-order valence-electron chi connectivity index (χ4n) is 3.20. The zero-order valence-electron chi connectivity index (χ0n) is 10.5. The maximum atomic E-state index is 11.7. The van der Waals surface area contributed by atoms with Gasteiger partial charge in [-0.05, 0) is 31.7 Å². The van der Waals surface area contributed by atoms with E-state index >= 15 is 0 Å². The molecule has 0 amide bonds. The first-order chi connectivity index (χ1) is 8.67. The van der Waals surface area contributed by atoms with Gasteiger partial charge in [-0.15, -0.1) is 0 Å². The van der Waals surface area contributed by atoms with Gasteiger partial charge in [-0.1, -0.05) is 12.8 Å². The zero-order valence-corrected chi connectivity index (χ0v) is 10.5. The summed E-state index contributed by atoms with van der Waals surface area (Å²) in [4.78, 5) is 11.7. The third-order valence-corrected chi connectivity index (χ3v) is 4.12. The Bertz CT molecular complexity index is 491. The van der Waals surface area contributed by atoms with E-state index in [-0.39, 0.29) is 17.3 Å². The quantitative estimate of drug-likeness (QED) is 0.858. The van der Waals surface area contributed by atoms with Crippen LogP contribution in [-0.4, -0.2) is 21.5 Å². The van der Waals surface area contributed by atoms with Gasteiger partial charge in [-0.3, -0.25) is 4.79 Å². The van der Waals surface area contributed by atoms with E-state index < -0.39 is 0 Å². The van der Waals surface area contributed by atoms with E-state index in [2.05, 4.69) is 5.10 Å². The first-order valence-electron chi connectivity index (χ1n) is 6.68. The first kappa shape index (κ1) is 11.7. The third kappa shape index (κ3) is 2.14. The fraction of sp³-hybridized carbons (Fsp3) is 0.692. The molecule has 1 aliphatic heterocycles. The molecule has 1 spiro atoms. The van der Waals surface area contributed by atoms with Crippen molar-refractivity contribution in [3.8, 4) is 0 Å². The number of nitrogen functional groups attached to an aromatic ring is 1. The van der Waals surface area contributed by atoms with Crippen LogP contribution >= 0.6 is 0 Å². The molecule has 0 aromatic carbocycles. The molecule has 1 unspecified atom stereocenters. The van der Waals surface area contributed by atoms with Crippen molar-refractivity contribution in [1.82, 2.24) is 9.78 Å². The van der Waals surface area contributed by atoms with E-state index in [9.17, 15) is 4.79 Å². The molecular formula is C13H19N3O2. The lowest BCUT2D eigenvalue weighted by atomic mass is 9.98. The topological polar surface area (TPSA) is 70.1 Å². The molecular weight excluding hydrogens is 230 g/mol. The van der Waals surface area contributed by atoms with Crippen LogP contribution in [0, 0.1) is 0 Å². The van der Waals surface area contributed by atoms with Crippen molar-refractivity contribution in [2.24, 2.45) is 0 Å². The van der Waals surface area contributed by atoms with Gasteiger partial charge in [0.2, 0.25) is 0 Å². The van der Waals surface area contributed by atoms with Crippen LogP contribution < -0.4 is 11.3 Å². The molecule has 2 fully saturated rings. The van der Waals surface area contributed by atoms with Crippen LogP contribution in [0.3, 0.4) is 0 Å². The number of ether oxygens (including phenoxy) is 1. The summed E-state index contributed by atoms with van der Waals surface area (Å²) >= 11 is 0. The largest absolute Gasteiger partial charge is 0.382 e. The predicted molar refractivity (Wildman–Crippen MR) is 68.2 cm³/mol. The number of rotatable bonds is 2. The summed E-state index contributed by atoms with van der Waals surface area (Å²) in [5.74, 6) is 0.378. The fourth-order valence-corrected chi connectivity index (χ4v) is 3.20. The van der Waals surface area contributed by atoms with Crippen molar-refractivity contribution >= 4 is 5.82 Å². The van der Waals surface area contributed by atoms with Gasteiger partial charge in [0, 0.05) is 6.07 Å². The Morgan fingerprint density at radius 3 is 2.94 bits per heavy atom. The monoisotopic (exact) mass is 249 g/mol. The van der Waals surface area contributed by atoms with Crippen LogP contribution in [0.15, 0.2) is 16.9 Å². The van der Waals surface area contributed by atoms with Gasteiger partial charge in [0.25, 0.3) is 5.56 Å². The number of aromatic nitrogens is 2. The molecule has 2 N–H and O–H groups in total. The molecule has 5 nitrogen and oxygen atoms in total. The Labute approximate surface area is 106 Å². The Morgan fingerprint density at radius 2 is 2.17 bits per heavy atom. The minimum absolute atomic E-state index is 0.106. The Hall–Kier alpha value is -1.36. The van der Waals surface area contributed by atoms with Gasteiger partial charge in [0.1, 0.15) is 5.82 Å². The standard InChI is InChI=1S/C13H19N3O2/c14-11-3-4-12(17)16(15-11)9-10-5-8-13(18-10)6-1-2-7-13/h3-4,10H,1-2,5-9H2,(H2,14,15). The van der Waals surface area contributed by atoms with Crippen LogP contribution in [0.1, 0.15) is 38.5 Å². The normalized spacial score (nSPS) is 25.9. The number of nitrogens with two attached hydrogens (primary N) is 1. The molecule has 1 aromatic heterocycles. The molecule has 1 saturated heterocycles. The van der Waals surface area contributed by atoms with E-state index in [0.29, 0.717) is 12.4 Å². The van der Waals surface area contributed by atoms with Gasteiger partial charge >= 0.3 is 0 Å². The minimum atomic E-state index is -0.111. The van der Waals surface area contributed by atoms with E-state index in [1.165, 1.54) is 42.5 Å². The molecule has 18 heavy (non-hydrogen) atoms. The lowest BCUT2D eigenvalue weighted by molar-refractivity contribution is -0.0433. The highest BCUT2D eigenvalue weighted by Gasteiger charge is 2.42. The summed E-state index contributed by atoms with van der Waals surface area (Å²) in [6.45, 7) is 0.519. The third-order valence-electron chi connectivity index (χ3n) is 4.12. The summed E-state index contributed by atoms with van der Waals surface area (Å²) < 4.78 is 7.59. The lowest BCUT2D eigenvalue weighted by Gasteiger charge is -2.23. The SMILES string of the molecule is Nc1ccc(=O)n(CC2CCC3(CCCC3)O2)n1. The van der Waals surface area contributed by atoms with E-state index in [1.54, 1.807) is 0 Å². The summed E-state index contributed by atoms with van der Waals surface area (Å²) in [6, 6.07) is 3.00. The molecule has 1 aliphatic carbocycles. The molecule has 2 aliphatic rings. The highest BCUT2D eigenvalue weighted by molar-refractivity contribution is 5.23. The molecule has 1 saturated carbocycles. The average Bonchev–Trinajstić information content (AvgIpc) is 2.95. The van der Waals surface area contributed by atoms with Gasteiger partial charge in [0.05, 0.1) is 18.2 Å². The van der Waals surface area contributed by atoms with Crippen molar-refractivity contribution in [2.45, 2.75) is 56.8 Å². The average molecular weight is 249 g/mol. The van der Waals surface area contributed by atoms with Gasteiger partial charge < -0.3 is 10.5 Å². The van der Waals surface area contributed by atoms with Crippen LogP contribution in [0.2, 0.25) is 0 Å². The number of anilines is 1. The molecule has 5 heteroatoms. The highest BCUT2D eigenvalue weighted by Crippen LogP contribution is 2.43. The molecule has 98 valence electrons. The van der Waals surface area contributed by atoms with Crippen molar-refractivity contribution in [1.29, 1.82) is 0 Å². The number of hydrogen-bond acceptors (Lipinski definition) is 4. The van der Waals surface area contributed by atoms with Gasteiger partial charge in [0.15, 0.2) is 0 Å². The van der Waals surface area contributed by atoms with Crippen molar-refractivity contribution in [3.05, 3.63) is 22.5 Å². The molecule has 2 heterocycles. The van der Waals surface area contributed by atoms with Gasteiger partial charge in [-0.2, -0.15) is 5.10 Å². The van der Waals surface area contributed by atoms with Crippen LogP contribution in [0.4, 0.5) is 5.82 Å². The first-order valence-corrected chi connectivity index (χ1v) is 6.68. The Morgan fingerprint density at radius 1 is 1.39 bits per heavy atom. The smallest absolute Gasteiger partial charge is 0.266 e. The molecule has 3 rings (SSSR count). The second kappa shape index (κ2) is 4.39. The Balaban J connectivity index is 1.71. The summed E-state index contributed by atoms with van der Waals surface area (Å²) in [6.07, 6.45) is 7.12. The van der Waals surface area contributed by atoms with Crippen molar-refractivity contribution < 1.29 is 4.74 Å². The second-order valence-electron chi connectivity index (χ2n) is 5.45. The molecule has 0 bridgehead atoms. The summed E-state index contributed by atoms with van der Waals surface area (Å²) in [7, 11) is 0. The van der Waals surface area contributed by atoms with Crippen LogP contribution in [0.5, 0.6) is 0 Å².